The Balaban J connectivity index is 4.23. The molecule has 6 heteroatoms. The first-order valence-corrected chi connectivity index (χ1v) is 30.9. The standard InChI is InChI=1S/C66H116O6/c1-4-7-10-13-16-19-22-25-27-28-29-30-31-32-33-34-35-36-37-38-39-42-44-47-50-53-56-59-65(68)71-62-63(61-70-64(67)58-55-52-49-46-43-40-24-21-18-15-12-9-6-3)72-66(69)60-57-54-51-48-45-41-26-23-20-17-14-11-8-5-2/h7,10,14,16-17,19,23,25-27,29-30,63H,4-6,8-9,11-13,15,18,20-22,24,28,31-62H2,1-3H3/b10-7-,17-14-,19-16-,26-23-,27-25-,30-29-. The van der Waals surface area contributed by atoms with Gasteiger partial charge >= 0.3 is 17.9 Å². The maximum absolute atomic E-state index is 12.9. The van der Waals surface area contributed by atoms with Gasteiger partial charge in [0.1, 0.15) is 13.2 Å². The van der Waals surface area contributed by atoms with E-state index in [1.807, 2.05) is 0 Å². The number of hydrogen-bond acceptors (Lipinski definition) is 6. The summed E-state index contributed by atoms with van der Waals surface area (Å²) in [5, 5.41) is 0. The summed E-state index contributed by atoms with van der Waals surface area (Å²) in [6.45, 7) is 6.50. The van der Waals surface area contributed by atoms with Gasteiger partial charge in [-0.3, -0.25) is 14.4 Å². The van der Waals surface area contributed by atoms with Crippen molar-refractivity contribution in [1.82, 2.24) is 0 Å². The summed E-state index contributed by atoms with van der Waals surface area (Å²) >= 11 is 0. The van der Waals surface area contributed by atoms with Crippen LogP contribution in [0.4, 0.5) is 0 Å². The van der Waals surface area contributed by atoms with E-state index in [-0.39, 0.29) is 31.1 Å². The van der Waals surface area contributed by atoms with Crippen molar-refractivity contribution in [2.45, 2.75) is 316 Å². The Bertz CT molecular complexity index is 1340. The first-order valence-electron chi connectivity index (χ1n) is 30.9. The van der Waals surface area contributed by atoms with Crippen LogP contribution in [0, 0.1) is 0 Å². The molecule has 1 unspecified atom stereocenters. The normalized spacial score (nSPS) is 12.5. The Morgan fingerprint density at radius 2 is 0.556 bits per heavy atom. The maximum atomic E-state index is 12.9. The number of allylic oxidation sites excluding steroid dienone is 12. The van der Waals surface area contributed by atoms with E-state index in [1.54, 1.807) is 0 Å². The monoisotopic (exact) mass is 1000 g/mol. The molecule has 72 heavy (non-hydrogen) atoms. The zero-order valence-corrected chi connectivity index (χ0v) is 47.7. The Kier molecular flexibility index (Phi) is 57.8. The molecule has 6 nitrogen and oxygen atoms in total. The highest BCUT2D eigenvalue weighted by Gasteiger charge is 2.19. The van der Waals surface area contributed by atoms with Crippen LogP contribution in [-0.2, 0) is 28.6 Å². The molecule has 1 atom stereocenters. The second kappa shape index (κ2) is 60.4. The number of esters is 3. The highest BCUT2D eigenvalue weighted by atomic mass is 16.6. The SMILES string of the molecule is CC/C=C\C/C=C\C/C=C\C/C=C\CCCCCCCCCCCCCCCCC(=O)OCC(COC(=O)CCCCCCCCCCCCCCC)OC(=O)CCCCCCC/C=C\C/C=C\CCCC. The molecule has 0 bridgehead atoms. The predicted octanol–water partition coefficient (Wildman–Crippen LogP) is 20.9. The van der Waals surface area contributed by atoms with Crippen LogP contribution in [0.25, 0.3) is 0 Å². The Morgan fingerprint density at radius 1 is 0.292 bits per heavy atom. The lowest BCUT2D eigenvalue weighted by Crippen LogP contribution is -2.30. The third-order valence-corrected chi connectivity index (χ3v) is 13.4. The minimum Gasteiger partial charge on any atom is -0.462 e. The minimum absolute atomic E-state index is 0.0773. The lowest BCUT2D eigenvalue weighted by atomic mass is 10.0. The summed E-state index contributed by atoms with van der Waals surface area (Å²) in [4.78, 5) is 38.2. The van der Waals surface area contributed by atoms with Crippen molar-refractivity contribution in [1.29, 1.82) is 0 Å². The largest absolute Gasteiger partial charge is 0.462 e. The van der Waals surface area contributed by atoms with E-state index in [9.17, 15) is 14.4 Å². The van der Waals surface area contributed by atoms with Crippen molar-refractivity contribution in [3.8, 4) is 0 Å². The topological polar surface area (TPSA) is 78.9 Å². The average Bonchev–Trinajstić information content (AvgIpc) is 3.38. The molecule has 0 aromatic heterocycles. The summed E-state index contributed by atoms with van der Waals surface area (Å²) < 4.78 is 16.9. The van der Waals surface area contributed by atoms with Crippen molar-refractivity contribution >= 4 is 17.9 Å². The Labute approximate surface area is 446 Å². The van der Waals surface area contributed by atoms with Crippen molar-refractivity contribution in [2.24, 2.45) is 0 Å². The molecule has 0 aromatic carbocycles. The van der Waals surface area contributed by atoms with Gasteiger partial charge in [-0.25, -0.2) is 0 Å². The Morgan fingerprint density at radius 3 is 0.889 bits per heavy atom. The van der Waals surface area contributed by atoms with Crippen LogP contribution in [-0.4, -0.2) is 37.2 Å². The number of hydrogen-bond donors (Lipinski definition) is 0. The quantitative estimate of drug-likeness (QED) is 0.0261. The first kappa shape index (κ1) is 68.8. The van der Waals surface area contributed by atoms with Crippen LogP contribution in [0.1, 0.15) is 310 Å². The van der Waals surface area contributed by atoms with Crippen LogP contribution in [0.5, 0.6) is 0 Å². The molecule has 0 saturated heterocycles. The fraction of sp³-hybridized carbons (Fsp3) is 0.773. The van der Waals surface area contributed by atoms with Gasteiger partial charge in [-0.2, -0.15) is 0 Å². The van der Waals surface area contributed by atoms with E-state index in [1.165, 1.54) is 161 Å². The summed E-state index contributed by atoms with van der Waals surface area (Å²) in [6.07, 6.45) is 77.6. The van der Waals surface area contributed by atoms with Crippen LogP contribution in [0.3, 0.4) is 0 Å². The second-order valence-electron chi connectivity index (χ2n) is 20.6. The highest BCUT2D eigenvalue weighted by Crippen LogP contribution is 2.17. The van der Waals surface area contributed by atoms with E-state index < -0.39 is 6.10 Å². The van der Waals surface area contributed by atoms with Crippen LogP contribution < -0.4 is 0 Å². The van der Waals surface area contributed by atoms with Gasteiger partial charge in [0, 0.05) is 19.3 Å². The zero-order chi connectivity index (χ0) is 52.2. The third kappa shape index (κ3) is 57.7. The van der Waals surface area contributed by atoms with Crippen LogP contribution in [0.15, 0.2) is 72.9 Å². The summed E-state index contributed by atoms with van der Waals surface area (Å²) in [6, 6.07) is 0. The molecule has 0 radical (unpaired) electrons. The van der Waals surface area contributed by atoms with Gasteiger partial charge in [0.25, 0.3) is 0 Å². The molecule has 0 aliphatic heterocycles. The molecular formula is C66H116O6. The van der Waals surface area contributed by atoms with Crippen molar-refractivity contribution in [3.05, 3.63) is 72.9 Å². The molecule has 416 valence electrons. The number of rotatable bonds is 56. The lowest BCUT2D eigenvalue weighted by molar-refractivity contribution is -0.167. The van der Waals surface area contributed by atoms with Crippen molar-refractivity contribution in [2.75, 3.05) is 13.2 Å². The maximum Gasteiger partial charge on any atom is 0.306 e. The van der Waals surface area contributed by atoms with Gasteiger partial charge in [0.15, 0.2) is 6.10 Å². The number of carbonyl (C=O) groups excluding carboxylic acids is 3. The zero-order valence-electron chi connectivity index (χ0n) is 47.7. The molecule has 0 saturated carbocycles. The van der Waals surface area contributed by atoms with Gasteiger partial charge in [-0.1, -0.05) is 280 Å². The smallest absolute Gasteiger partial charge is 0.306 e. The highest BCUT2D eigenvalue weighted by molar-refractivity contribution is 5.71. The average molecular weight is 1010 g/mol. The number of unbranched alkanes of at least 4 members (excludes halogenated alkanes) is 33. The second-order valence-corrected chi connectivity index (χ2v) is 20.6. The van der Waals surface area contributed by atoms with E-state index in [0.29, 0.717) is 19.3 Å². The van der Waals surface area contributed by atoms with Gasteiger partial charge in [0.05, 0.1) is 0 Å². The molecule has 0 aliphatic carbocycles. The molecule has 0 aromatic rings. The molecule has 0 rings (SSSR count). The molecular weight excluding hydrogens is 889 g/mol. The van der Waals surface area contributed by atoms with Crippen molar-refractivity contribution < 1.29 is 28.6 Å². The van der Waals surface area contributed by atoms with E-state index >= 15 is 0 Å². The fourth-order valence-corrected chi connectivity index (χ4v) is 8.81. The fourth-order valence-electron chi connectivity index (χ4n) is 8.81. The molecule has 0 spiro atoms. The van der Waals surface area contributed by atoms with Gasteiger partial charge in [0.2, 0.25) is 0 Å². The molecule has 0 N–H and O–H groups in total. The van der Waals surface area contributed by atoms with Crippen LogP contribution in [0.2, 0.25) is 0 Å². The van der Waals surface area contributed by atoms with Gasteiger partial charge < -0.3 is 14.2 Å². The molecule has 0 aliphatic rings. The Hall–Kier alpha value is -3.15. The predicted molar refractivity (Wildman–Crippen MR) is 311 cm³/mol. The number of carbonyl (C=O) groups is 3. The lowest BCUT2D eigenvalue weighted by Gasteiger charge is -2.18. The molecule has 0 amide bonds. The summed E-state index contributed by atoms with van der Waals surface area (Å²) in [7, 11) is 0. The minimum atomic E-state index is -0.780. The first-order chi connectivity index (χ1) is 35.5. The molecule has 0 fully saturated rings. The summed E-state index contributed by atoms with van der Waals surface area (Å²) in [5.74, 6) is -0.879. The van der Waals surface area contributed by atoms with E-state index in [4.69, 9.17) is 14.2 Å². The third-order valence-electron chi connectivity index (χ3n) is 13.4. The van der Waals surface area contributed by atoms with Crippen molar-refractivity contribution in [3.63, 3.8) is 0 Å². The van der Waals surface area contributed by atoms with Gasteiger partial charge in [-0.15, -0.1) is 0 Å². The summed E-state index contributed by atoms with van der Waals surface area (Å²) in [5.41, 5.74) is 0. The van der Waals surface area contributed by atoms with E-state index in [0.717, 1.165) is 109 Å². The van der Waals surface area contributed by atoms with E-state index in [2.05, 4.69) is 93.7 Å². The van der Waals surface area contributed by atoms with Gasteiger partial charge in [-0.05, 0) is 83.5 Å². The molecule has 0 heterocycles. The van der Waals surface area contributed by atoms with Crippen LogP contribution >= 0.6 is 0 Å². The number of ether oxygens (including phenoxy) is 3.